The molecule has 1 fully saturated rings. The summed E-state index contributed by atoms with van der Waals surface area (Å²) in [4.78, 5) is 8.15. The molecule has 0 spiro atoms. The SMILES string of the molecule is CC1CCC(c2cnc(-c3cc(F)c(-c4cc(F)c(F)c(F)c4)c(F)c3F)nc2)CC1. The third-order valence-electron chi connectivity index (χ3n) is 5.83. The summed E-state index contributed by atoms with van der Waals surface area (Å²) in [5.41, 5.74) is -1.32. The average Bonchev–Trinajstić information content (AvgIpc) is 2.75. The highest BCUT2D eigenvalue weighted by molar-refractivity contribution is 5.70. The first-order valence-electron chi connectivity index (χ1n) is 9.91. The number of aromatic nitrogens is 2. The van der Waals surface area contributed by atoms with Crippen molar-refractivity contribution in [2.45, 2.75) is 38.5 Å². The lowest BCUT2D eigenvalue weighted by Crippen LogP contribution is -2.11. The molecule has 0 radical (unpaired) electrons. The number of rotatable bonds is 3. The maximum Gasteiger partial charge on any atom is 0.194 e. The van der Waals surface area contributed by atoms with Crippen LogP contribution in [0.4, 0.5) is 26.3 Å². The topological polar surface area (TPSA) is 25.8 Å². The zero-order valence-corrected chi connectivity index (χ0v) is 16.5. The molecule has 0 N–H and O–H groups in total. The van der Waals surface area contributed by atoms with Crippen LogP contribution in [0.15, 0.2) is 30.6 Å². The Morgan fingerprint density at radius 3 is 1.87 bits per heavy atom. The van der Waals surface area contributed by atoms with Crippen LogP contribution >= 0.6 is 0 Å². The van der Waals surface area contributed by atoms with Gasteiger partial charge in [0.2, 0.25) is 0 Å². The quantitative estimate of drug-likeness (QED) is 0.253. The molecule has 1 aliphatic carbocycles. The zero-order valence-electron chi connectivity index (χ0n) is 16.5. The van der Waals surface area contributed by atoms with E-state index in [-0.39, 0.29) is 11.7 Å². The lowest BCUT2D eigenvalue weighted by Gasteiger charge is -2.25. The van der Waals surface area contributed by atoms with Gasteiger partial charge < -0.3 is 0 Å². The number of benzene rings is 2. The Labute approximate surface area is 175 Å². The summed E-state index contributed by atoms with van der Waals surface area (Å²) < 4.78 is 84.1. The van der Waals surface area contributed by atoms with Gasteiger partial charge in [0.25, 0.3) is 0 Å². The minimum absolute atomic E-state index is 0.216. The standard InChI is InChI=1S/C23H18F6N2/c1-11-2-4-12(5-3-11)14-9-30-23(31-10-14)15-8-16(24)19(22(29)20(15)27)13-6-17(25)21(28)18(26)7-13/h6-12H,2-5H2,1H3. The molecule has 0 saturated heterocycles. The van der Waals surface area contributed by atoms with E-state index in [1.165, 1.54) is 12.4 Å². The van der Waals surface area contributed by atoms with Gasteiger partial charge in [-0.2, -0.15) is 0 Å². The summed E-state index contributed by atoms with van der Waals surface area (Å²) >= 11 is 0. The Balaban J connectivity index is 1.69. The van der Waals surface area contributed by atoms with Gasteiger partial charge in [-0.25, -0.2) is 36.3 Å². The van der Waals surface area contributed by atoms with Crippen molar-refractivity contribution in [3.05, 3.63) is 71.1 Å². The van der Waals surface area contributed by atoms with Crippen LogP contribution in [0.3, 0.4) is 0 Å². The molecule has 0 atom stereocenters. The third-order valence-corrected chi connectivity index (χ3v) is 5.83. The second kappa shape index (κ2) is 8.32. The second-order valence-corrected chi connectivity index (χ2v) is 7.96. The highest BCUT2D eigenvalue weighted by atomic mass is 19.2. The predicted octanol–water partition coefficient (Wildman–Crippen LogP) is 6.94. The van der Waals surface area contributed by atoms with Gasteiger partial charge in [0.1, 0.15) is 5.82 Å². The number of hydrogen-bond acceptors (Lipinski definition) is 2. The summed E-state index contributed by atoms with van der Waals surface area (Å²) in [5, 5.41) is 0. The van der Waals surface area contributed by atoms with Gasteiger partial charge in [-0.1, -0.05) is 19.8 Å². The van der Waals surface area contributed by atoms with E-state index in [4.69, 9.17) is 0 Å². The Morgan fingerprint density at radius 1 is 0.710 bits per heavy atom. The summed E-state index contributed by atoms with van der Waals surface area (Å²) in [7, 11) is 0. The molecule has 1 heterocycles. The van der Waals surface area contributed by atoms with Crippen molar-refractivity contribution in [2.75, 3.05) is 0 Å². The van der Waals surface area contributed by atoms with Crippen molar-refractivity contribution in [1.82, 2.24) is 9.97 Å². The molecule has 0 bridgehead atoms. The van der Waals surface area contributed by atoms with E-state index in [0.29, 0.717) is 24.1 Å². The second-order valence-electron chi connectivity index (χ2n) is 7.96. The Morgan fingerprint density at radius 2 is 1.29 bits per heavy atom. The lowest BCUT2D eigenvalue weighted by molar-refractivity contribution is 0.347. The maximum atomic E-state index is 14.7. The number of nitrogens with zero attached hydrogens (tertiary/aromatic N) is 2. The number of halogens is 6. The van der Waals surface area contributed by atoms with E-state index in [9.17, 15) is 26.3 Å². The first kappa shape index (κ1) is 21.3. The first-order chi connectivity index (χ1) is 14.8. The first-order valence-corrected chi connectivity index (χ1v) is 9.91. The summed E-state index contributed by atoms with van der Waals surface area (Å²) in [5.74, 6) is -8.77. The molecule has 1 saturated carbocycles. The van der Waals surface area contributed by atoms with Crippen LogP contribution < -0.4 is 0 Å². The largest absolute Gasteiger partial charge is 0.236 e. The molecular weight excluding hydrogens is 418 g/mol. The third kappa shape index (κ3) is 4.03. The molecule has 31 heavy (non-hydrogen) atoms. The van der Waals surface area contributed by atoms with Crippen LogP contribution in [0.25, 0.3) is 22.5 Å². The molecule has 0 unspecified atom stereocenters. The van der Waals surface area contributed by atoms with E-state index >= 15 is 0 Å². The van der Waals surface area contributed by atoms with Gasteiger partial charge in [0, 0.05) is 12.4 Å². The molecule has 8 heteroatoms. The summed E-state index contributed by atoms with van der Waals surface area (Å²) in [6.07, 6.45) is 7.20. The fourth-order valence-corrected chi connectivity index (χ4v) is 4.00. The van der Waals surface area contributed by atoms with Crippen molar-refractivity contribution >= 4 is 0 Å². The Kier molecular flexibility index (Phi) is 5.73. The lowest BCUT2D eigenvalue weighted by atomic mass is 9.80. The minimum atomic E-state index is -1.79. The molecule has 162 valence electrons. The molecule has 4 rings (SSSR count). The molecule has 0 amide bonds. The highest BCUT2D eigenvalue weighted by Crippen LogP contribution is 2.36. The smallest absolute Gasteiger partial charge is 0.194 e. The van der Waals surface area contributed by atoms with Crippen molar-refractivity contribution in [3.8, 4) is 22.5 Å². The van der Waals surface area contributed by atoms with E-state index in [2.05, 4.69) is 16.9 Å². The normalized spacial score (nSPS) is 18.9. The van der Waals surface area contributed by atoms with E-state index < -0.39 is 51.6 Å². The monoisotopic (exact) mass is 436 g/mol. The van der Waals surface area contributed by atoms with Gasteiger partial charge in [-0.15, -0.1) is 0 Å². The molecular formula is C23H18F6N2. The van der Waals surface area contributed by atoms with Crippen LogP contribution in [0.5, 0.6) is 0 Å². The van der Waals surface area contributed by atoms with Crippen LogP contribution in [0.1, 0.15) is 44.1 Å². The molecule has 1 aliphatic rings. The van der Waals surface area contributed by atoms with Gasteiger partial charge in [0.15, 0.2) is 34.9 Å². The molecule has 2 aromatic carbocycles. The van der Waals surface area contributed by atoms with Crippen LogP contribution in [-0.2, 0) is 0 Å². The highest BCUT2D eigenvalue weighted by Gasteiger charge is 2.25. The molecule has 3 aromatic rings. The predicted molar refractivity (Wildman–Crippen MR) is 103 cm³/mol. The van der Waals surface area contributed by atoms with Gasteiger partial charge in [-0.05, 0) is 54.0 Å². The average molecular weight is 436 g/mol. The van der Waals surface area contributed by atoms with Crippen molar-refractivity contribution in [2.24, 2.45) is 5.92 Å². The van der Waals surface area contributed by atoms with Crippen LogP contribution in [-0.4, -0.2) is 9.97 Å². The van der Waals surface area contributed by atoms with Gasteiger partial charge in [0.05, 0.1) is 11.1 Å². The zero-order chi connectivity index (χ0) is 22.3. The number of hydrogen-bond donors (Lipinski definition) is 0. The fraction of sp³-hybridized carbons (Fsp3) is 0.304. The van der Waals surface area contributed by atoms with Gasteiger partial charge >= 0.3 is 0 Å². The van der Waals surface area contributed by atoms with Crippen molar-refractivity contribution in [1.29, 1.82) is 0 Å². The van der Waals surface area contributed by atoms with Crippen LogP contribution in [0.2, 0.25) is 0 Å². The molecule has 2 nitrogen and oxygen atoms in total. The van der Waals surface area contributed by atoms with Crippen molar-refractivity contribution < 1.29 is 26.3 Å². The fourth-order valence-electron chi connectivity index (χ4n) is 4.00. The maximum absolute atomic E-state index is 14.7. The Bertz CT molecular complexity index is 1100. The van der Waals surface area contributed by atoms with E-state index in [1.807, 2.05) is 0 Å². The van der Waals surface area contributed by atoms with E-state index in [1.54, 1.807) is 0 Å². The molecule has 0 aliphatic heterocycles. The Hall–Kier alpha value is -2.90. The molecule has 1 aromatic heterocycles. The summed E-state index contributed by atoms with van der Waals surface area (Å²) in [6.45, 7) is 2.19. The van der Waals surface area contributed by atoms with Gasteiger partial charge in [-0.3, -0.25) is 0 Å². The van der Waals surface area contributed by atoms with E-state index in [0.717, 1.165) is 31.2 Å². The van der Waals surface area contributed by atoms with Crippen molar-refractivity contribution in [3.63, 3.8) is 0 Å². The minimum Gasteiger partial charge on any atom is -0.236 e. The van der Waals surface area contributed by atoms with Crippen LogP contribution in [0, 0.1) is 40.8 Å². The summed E-state index contributed by atoms with van der Waals surface area (Å²) in [6, 6.07) is 1.45.